The zero-order valence-corrected chi connectivity index (χ0v) is 25.0. The third kappa shape index (κ3) is 6.97. The molecule has 0 unspecified atom stereocenters. The summed E-state index contributed by atoms with van der Waals surface area (Å²) in [4.78, 5) is 45.0. The van der Waals surface area contributed by atoms with Crippen molar-refractivity contribution in [2.75, 3.05) is 52.3 Å². The molecular formula is C26H33N7O4S3. The third-order valence-electron chi connectivity index (χ3n) is 6.70. The summed E-state index contributed by atoms with van der Waals surface area (Å²) >= 11 is 4.24. The van der Waals surface area contributed by atoms with Crippen molar-refractivity contribution in [2.24, 2.45) is 5.73 Å². The van der Waals surface area contributed by atoms with Crippen molar-refractivity contribution in [3.05, 3.63) is 47.7 Å². The Morgan fingerprint density at radius 2 is 2.12 bits per heavy atom. The summed E-state index contributed by atoms with van der Waals surface area (Å²) < 4.78 is 2.48. The molecule has 2 aliphatic rings. The maximum Gasteiger partial charge on any atom is 0.253 e. The minimum Gasteiger partial charge on any atom is -0.543 e. The number of quaternary nitrogens is 1. The summed E-state index contributed by atoms with van der Waals surface area (Å²) in [5, 5.41) is 21.8. The van der Waals surface area contributed by atoms with Crippen LogP contribution in [0.2, 0.25) is 0 Å². The molecule has 2 aromatic rings. The van der Waals surface area contributed by atoms with E-state index in [4.69, 9.17) is 11.1 Å². The second-order valence-corrected chi connectivity index (χ2v) is 13.6. The van der Waals surface area contributed by atoms with E-state index in [0.29, 0.717) is 28.9 Å². The first kappa shape index (κ1) is 29.9. The maximum atomic E-state index is 12.9. The first-order chi connectivity index (χ1) is 19.0. The molecule has 214 valence electrons. The van der Waals surface area contributed by atoms with Gasteiger partial charge in [0, 0.05) is 25.8 Å². The number of β-lactam (4-membered cyclic amide) rings is 1. The summed E-state index contributed by atoms with van der Waals surface area (Å²) in [5.74, 6) is -1.63. The number of thioether (sulfide) groups is 2. The molecule has 2 aliphatic heterocycles. The Morgan fingerprint density at radius 1 is 1.38 bits per heavy atom. The summed E-state index contributed by atoms with van der Waals surface area (Å²) in [5.41, 5.74) is 6.75. The molecule has 0 saturated carbocycles. The number of carboxylic acids is 1. The SMILES string of the molecule is CN(CCC[N+](C)(C)C/C=C/C1=C(C(=O)[O-])N2C(=O)[C@@H](NC(=O)CSc3nc4ccccc4s3)[C@H]2SC1)C(=N)N. The zero-order chi connectivity index (χ0) is 29.0. The fourth-order valence-corrected chi connectivity index (χ4v) is 7.64. The number of fused-ring (bicyclic) bond motifs is 2. The van der Waals surface area contributed by atoms with Crippen molar-refractivity contribution >= 4 is 68.8 Å². The average Bonchev–Trinajstić information content (AvgIpc) is 3.32. The van der Waals surface area contributed by atoms with Gasteiger partial charge in [-0.1, -0.05) is 30.0 Å². The van der Waals surface area contributed by atoms with Crippen molar-refractivity contribution in [1.82, 2.24) is 20.1 Å². The fraction of sp³-hybridized carbons (Fsp3) is 0.423. The van der Waals surface area contributed by atoms with Gasteiger partial charge in [0.2, 0.25) is 5.91 Å². The van der Waals surface area contributed by atoms with Crippen molar-refractivity contribution < 1.29 is 24.0 Å². The maximum absolute atomic E-state index is 12.9. The van der Waals surface area contributed by atoms with E-state index in [1.165, 1.54) is 39.8 Å². The molecule has 3 heterocycles. The Hall–Kier alpha value is -3.07. The molecule has 1 fully saturated rings. The Balaban J connectivity index is 1.32. The number of allylic oxidation sites excluding steroid dienone is 1. The van der Waals surface area contributed by atoms with Crippen molar-refractivity contribution in [3.8, 4) is 0 Å². The Bertz CT molecular complexity index is 1340. The van der Waals surface area contributed by atoms with Crippen LogP contribution in [0, 0.1) is 5.41 Å². The van der Waals surface area contributed by atoms with Crippen molar-refractivity contribution in [3.63, 3.8) is 0 Å². The van der Waals surface area contributed by atoms with Gasteiger partial charge in [0.25, 0.3) is 5.91 Å². The summed E-state index contributed by atoms with van der Waals surface area (Å²) in [6.07, 6.45) is 4.51. The lowest BCUT2D eigenvalue weighted by molar-refractivity contribution is -0.884. The number of amides is 2. The molecule has 0 spiro atoms. The number of carbonyl (C=O) groups excluding carboxylic acids is 3. The van der Waals surface area contributed by atoms with Crippen LogP contribution in [0.3, 0.4) is 0 Å². The molecule has 11 nitrogen and oxygen atoms in total. The Kier molecular flexibility index (Phi) is 9.44. The highest BCUT2D eigenvalue weighted by Gasteiger charge is 2.52. The molecule has 4 rings (SSSR count). The van der Waals surface area contributed by atoms with Gasteiger partial charge >= 0.3 is 0 Å². The number of hydrogen-bond acceptors (Lipinski definition) is 9. The Labute approximate surface area is 245 Å². The van der Waals surface area contributed by atoms with E-state index in [1.807, 2.05) is 30.3 Å². The summed E-state index contributed by atoms with van der Waals surface area (Å²) in [7, 11) is 5.92. The van der Waals surface area contributed by atoms with Crippen molar-refractivity contribution in [2.45, 2.75) is 22.2 Å². The molecule has 2 amide bonds. The number of carboxylic acid groups (broad SMARTS) is 1. The fourth-order valence-electron chi connectivity index (χ4n) is 4.44. The predicted molar refractivity (Wildman–Crippen MR) is 158 cm³/mol. The van der Waals surface area contributed by atoms with Crippen LogP contribution in [0.15, 0.2) is 52.0 Å². The normalized spacial score (nSPS) is 19.1. The predicted octanol–water partition coefficient (Wildman–Crippen LogP) is 0.640. The van der Waals surface area contributed by atoms with Gasteiger partial charge in [0.1, 0.15) is 11.4 Å². The van der Waals surface area contributed by atoms with E-state index < -0.39 is 23.3 Å². The summed E-state index contributed by atoms with van der Waals surface area (Å²) in [6.45, 7) is 2.17. The Morgan fingerprint density at radius 3 is 2.83 bits per heavy atom. The largest absolute Gasteiger partial charge is 0.543 e. The lowest BCUT2D eigenvalue weighted by Gasteiger charge is -2.50. The highest BCUT2D eigenvalue weighted by atomic mass is 32.2. The highest BCUT2D eigenvalue weighted by molar-refractivity contribution is 8.01. The number of nitrogens with one attached hydrogen (secondary N) is 2. The van der Waals surface area contributed by atoms with Gasteiger partial charge in [-0.3, -0.25) is 19.9 Å². The second-order valence-electron chi connectivity index (χ2n) is 10.3. The van der Waals surface area contributed by atoms with Crippen LogP contribution >= 0.6 is 34.9 Å². The highest BCUT2D eigenvalue weighted by Crippen LogP contribution is 2.40. The number of carbonyl (C=O) groups is 3. The molecule has 40 heavy (non-hydrogen) atoms. The number of aromatic nitrogens is 1. The van der Waals surface area contributed by atoms with Crippen molar-refractivity contribution in [1.29, 1.82) is 5.41 Å². The van der Waals surface area contributed by atoms with E-state index in [1.54, 1.807) is 18.0 Å². The number of nitrogens with two attached hydrogens (primary N) is 1. The minimum atomic E-state index is -1.41. The first-order valence-corrected chi connectivity index (χ1v) is 15.5. The number of nitrogens with zero attached hydrogens (tertiary/aromatic N) is 4. The van der Waals surface area contributed by atoms with Crippen LogP contribution < -0.4 is 16.2 Å². The number of guanidine groups is 1. The lowest BCUT2D eigenvalue weighted by Crippen LogP contribution is -2.71. The smallest absolute Gasteiger partial charge is 0.253 e. The molecule has 1 saturated heterocycles. The van der Waals surface area contributed by atoms with Crippen LogP contribution in [-0.4, -0.2) is 107 Å². The molecule has 0 bridgehead atoms. The van der Waals surface area contributed by atoms with Gasteiger partial charge < -0.3 is 30.3 Å². The molecule has 2 atom stereocenters. The molecule has 0 aliphatic carbocycles. The monoisotopic (exact) mass is 603 g/mol. The van der Waals surface area contributed by atoms with E-state index in [2.05, 4.69) is 24.4 Å². The number of hydrogen-bond donors (Lipinski definition) is 3. The quantitative estimate of drug-likeness (QED) is 0.104. The van der Waals surface area contributed by atoms with Crippen LogP contribution in [0.25, 0.3) is 10.2 Å². The van der Waals surface area contributed by atoms with Gasteiger partial charge in [-0.15, -0.1) is 23.1 Å². The third-order valence-corrected chi connectivity index (χ3v) is 10.2. The lowest BCUT2D eigenvalue weighted by atomic mass is 10.0. The first-order valence-electron chi connectivity index (χ1n) is 12.7. The van der Waals surface area contributed by atoms with Gasteiger partial charge in [-0.25, -0.2) is 4.98 Å². The number of thiazole rings is 1. The molecule has 14 heteroatoms. The van der Waals surface area contributed by atoms with Crippen LogP contribution in [0.4, 0.5) is 0 Å². The standard InChI is InChI=1S/C26H33N7O4S3/c1-31(25(27)28)11-7-13-33(2,3)12-6-8-16-14-38-23-20(22(35)32(23)21(16)24(36)37)30-19(34)15-39-26-29-17-9-4-5-10-18(17)40-26/h4-6,8-10,20,23H,7,11-15H2,1-3H3,(H4-,27,28,30,34,36,37)/b8-6+/t20-,23-/m1/s1. The van der Waals surface area contributed by atoms with Crippen LogP contribution in [-0.2, 0) is 14.4 Å². The van der Waals surface area contributed by atoms with Crippen LogP contribution in [0.1, 0.15) is 6.42 Å². The number of benzene rings is 1. The molecule has 0 radical (unpaired) electrons. The van der Waals surface area contributed by atoms with E-state index in [0.717, 1.165) is 27.5 Å². The number of likely N-dealkylation sites (N-methyl/N-ethyl adjacent to an activating group) is 1. The summed E-state index contributed by atoms with van der Waals surface area (Å²) in [6, 6.07) is 6.96. The minimum absolute atomic E-state index is 0.0331. The van der Waals surface area contributed by atoms with Gasteiger partial charge in [-0.05, 0) is 23.8 Å². The average molecular weight is 604 g/mol. The molecule has 4 N–H and O–H groups in total. The van der Waals surface area contributed by atoms with E-state index >= 15 is 0 Å². The zero-order valence-electron chi connectivity index (χ0n) is 22.6. The number of aliphatic carboxylic acids is 1. The second kappa shape index (κ2) is 12.6. The van der Waals surface area contributed by atoms with Gasteiger partial charge in [0.05, 0.1) is 54.8 Å². The number of rotatable bonds is 12. The van der Waals surface area contributed by atoms with E-state index in [9.17, 15) is 19.5 Å². The van der Waals surface area contributed by atoms with Gasteiger partial charge in [-0.2, -0.15) is 0 Å². The van der Waals surface area contributed by atoms with Crippen LogP contribution in [0.5, 0.6) is 0 Å². The van der Waals surface area contributed by atoms with Gasteiger partial charge in [0.15, 0.2) is 10.3 Å². The molecule has 1 aromatic heterocycles. The molecular weight excluding hydrogens is 571 g/mol. The van der Waals surface area contributed by atoms with E-state index in [-0.39, 0.29) is 23.3 Å². The number of para-hydroxylation sites is 1. The molecule has 1 aromatic carbocycles. The topological polar surface area (TPSA) is 156 Å².